The van der Waals surface area contributed by atoms with Crippen LogP contribution in [0.4, 0.5) is 11.4 Å². The van der Waals surface area contributed by atoms with Crippen molar-refractivity contribution in [2.45, 2.75) is 47.0 Å². The van der Waals surface area contributed by atoms with Crippen molar-refractivity contribution in [3.05, 3.63) is 65.2 Å². The van der Waals surface area contributed by atoms with Crippen LogP contribution in [0.1, 0.15) is 51.3 Å². The molecule has 0 saturated carbocycles. The van der Waals surface area contributed by atoms with Crippen molar-refractivity contribution in [2.75, 3.05) is 144 Å². The molecule has 2 aromatic carbocycles. The summed E-state index contributed by atoms with van der Waals surface area (Å²) in [5.74, 6) is -1.72. The standard InChI is InChI=1S/C44H67N2O12.C2H4O2/c1-36-35-40(13-11-39(36)12-14-43-44(4,5)41-9-7-8-10-42(41)45(43)6)46(15-17-49-19-21-51-23-25-53-27-29-55-31-33-57-37(2)47)16-18-50-20-22-52-24-26-54-28-30-56-32-34-58-38(3)48;1-2(3)4/h7-14,35H,15-34H2,1-6H3;1H3,(H,3,4)/q+1;/p-1. The highest BCUT2D eigenvalue weighted by molar-refractivity contribution is 6.05. The van der Waals surface area contributed by atoms with Crippen molar-refractivity contribution in [2.24, 2.45) is 0 Å². The molecular weight excluding hydrogens is 805 g/mol. The van der Waals surface area contributed by atoms with E-state index in [0.717, 1.165) is 12.6 Å². The number of allylic oxidation sites excluding steroid dienone is 1. The molecule has 1 aliphatic rings. The van der Waals surface area contributed by atoms with Crippen LogP contribution < -0.4 is 10.0 Å². The van der Waals surface area contributed by atoms with E-state index in [1.54, 1.807) is 0 Å². The van der Waals surface area contributed by atoms with E-state index in [-0.39, 0.29) is 30.6 Å². The molecule has 0 saturated heterocycles. The number of rotatable bonds is 33. The molecule has 348 valence electrons. The molecule has 16 nitrogen and oxygen atoms in total. The lowest BCUT2D eigenvalue weighted by molar-refractivity contribution is -0.401. The molecule has 0 bridgehead atoms. The molecule has 16 heteroatoms. The molecule has 0 N–H and O–H groups in total. The van der Waals surface area contributed by atoms with Crippen LogP contribution in [0.15, 0.2) is 48.5 Å². The third kappa shape index (κ3) is 23.3. The Hall–Kier alpha value is -4.26. The minimum absolute atomic E-state index is 0.0845. The fraction of sp³-hybridized carbons (Fsp3) is 0.609. The van der Waals surface area contributed by atoms with E-state index in [9.17, 15) is 9.59 Å². The number of fused-ring (bicyclic) bond motifs is 1. The van der Waals surface area contributed by atoms with Gasteiger partial charge in [-0.2, -0.15) is 4.58 Å². The maximum atomic E-state index is 10.8. The number of carboxylic acids is 1. The summed E-state index contributed by atoms with van der Waals surface area (Å²) in [5.41, 5.74) is 7.23. The zero-order valence-electron chi connectivity index (χ0n) is 37.9. The normalized spacial score (nSPS) is 12.9. The Kier molecular flexibility index (Phi) is 28.2. The number of ether oxygens (including phenoxy) is 10. The quantitative estimate of drug-likeness (QED) is 0.0579. The number of carbonyl (C=O) groups excluding carboxylic acids is 3. The lowest BCUT2D eigenvalue weighted by Crippen LogP contribution is -2.31. The number of anilines is 1. The monoisotopic (exact) mass is 874 g/mol. The zero-order valence-corrected chi connectivity index (χ0v) is 37.9. The van der Waals surface area contributed by atoms with E-state index in [0.29, 0.717) is 119 Å². The number of aliphatic carboxylic acids is 1. The second-order valence-electron chi connectivity index (χ2n) is 14.5. The molecule has 0 spiro atoms. The minimum atomic E-state index is -1.08. The van der Waals surface area contributed by atoms with Gasteiger partial charge in [-0.05, 0) is 57.0 Å². The summed E-state index contributed by atoms with van der Waals surface area (Å²) in [5, 5.41) is 8.89. The van der Waals surface area contributed by atoms with Crippen molar-refractivity contribution in [1.29, 1.82) is 0 Å². The predicted octanol–water partition coefficient (Wildman–Crippen LogP) is 3.54. The third-order valence-electron chi connectivity index (χ3n) is 9.29. The largest absolute Gasteiger partial charge is 0.550 e. The van der Waals surface area contributed by atoms with Crippen molar-refractivity contribution in [3.8, 4) is 0 Å². The molecule has 2 aromatic rings. The van der Waals surface area contributed by atoms with Gasteiger partial charge in [-0.1, -0.05) is 24.3 Å². The van der Waals surface area contributed by atoms with Gasteiger partial charge in [0.1, 0.15) is 20.3 Å². The number of hydrogen-bond donors (Lipinski definition) is 0. The van der Waals surface area contributed by atoms with Gasteiger partial charge in [0.25, 0.3) is 0 Å². The van der Waals surface area contributed by atoms with Crippen LogP contribution >= 0.6 is 0 Å². The molecule has 0 aliphatic carbocycles. The third-order valence-corrected chi connectivity index (χ3v) is 9.29. The smallest absolute Gasteiger partial charge is 0.302 e. The first-order valence-corrected chi connectivity index (χ1v) is 21.1. The molecule has 1 heterocycles. The lowest BCUT2D eigenvalue weighted by atomic mass is 9.81. The van der Waals surface area contributed by atoms with E-state index in [2.05, 4.69) is 91.9 Å². The van der Waals surface area contributed by atoms with Crippen LogP contribution in [0.5, 0.6) is 0 Å². The van der Waals surface area contributed by atoms with E-state index in [1.165, 1.54) is 41.9 Å². The second kappa shape index (κ2) is 32.4. The van der Waals surface area contributed by atoms with Gasteiger partial charge in [-0.3, -0.25) is 9.59 Å². The Morgan fingerprint density at radius 3 is 1.37 bits per heavy atom. The first-order chi connectivity index (χ1) is 29.8. The van der Waals surface area contributed by atoms with Crippen LogP contribution in [0, 0.1) is 6.92 Å². The molecular formula is C46H70N2O14. The van der Waals surface area contributed by atoms with Crippen molar-refractivity contribution in [1.82, 2.24) is 0 Å². The van der Waals surface area contributed by atoms with Gasteiger partial charge >= 0.3 is 11.9 Å². The van der Waals surface area contributed by atoms with E-state index in [4.69, 9.17) is 57.3 Å². The summed E-state index contributed by atoms with van der Waals surface area (Å²) in [6.07, 6.45) is 4.47. The first-order valence-electron chi connectivity index (χ1n) is 21.1. The number of carboxylic acid groups (broad SMARTS) is 1. The summed E-state index contributed by atoms with van der Waals surface area (Å²) in [7, 11) is 2.14. The predicted molar refractivity (Wildman–Crippen MR) is 233 cm³/mol. The van der Waals surface area contributed by atoms with E-state index >= 15 is 0 Å². The fourth-order valence-electron chi connectivity index (χ4n) is 6.25. The second-order valence-corrected chi connectivity index (χ2v) is 14.5. The SMILES string of the molecule is CC(=O)OCCOCCOCCOCCOCCN(CCOCCOCCOCCOCCOC(C)=O)c1ccc(/C=C/C2=[N+](C)c3ccccc3C2(C)C)c(C)c1.CC(=O)[O-]. The number of aryl methyl sites for hydroxylation is 1. The van der Waals surface area contributed by atoms with Crippen molar-refractivity contribution < 1.29 is 71.4 Å². The highest BCUT2D eigenvalue weighted by Crippen LogP contribution is 2.39. The first kappa shape index (κ1) is 53.9. The zero-order chi connectivity index (χ0) is 45.4. The number of hydrogen-bond acceptors (Lipinski definition) is 15. The molecule has 62 heavy (non-hydrogen) atoms. The van der Waals surface area contributed by atoms with Crippen molar-refractivity contribution in [3.63, 3.8) is 0 Å². The minimum Gasteiger partial charge on any atom is -0.550 e. The Bertz CT molecular complexity index is 1600. The summed E-state index contributed by atoms with van der Waals surface area (Å²) in [4.78, 5) is 32.7. The van der Waals surface area contributed by atoms with Gasteiger partial charge in [-0.25, -0.2) is 0 Å². The highest BCUT2D eigenvalue weighted by Gasteiger charge is 2.42. The Morgan fingerprint density at radius 1 is 0.597 bits per heavy atom. The number of para-hydroxylation sites is 1. The molecule has 0 unspecified atom stereocenters. The number of benzene rings is 2. The van der Waals surface area contributed by atoms with Gasteiger partial charge in [0.15, 0.2) is 5.71 Å². The summed E-state index contributed by atoms with van der Waals surface area (Å²) in [6, 6.07) is 15.2. The summed E-state index contributed by atoms with van der Waals surface area (Å²) in [6.45, 7) is 19.6. The topological polar surface area (TPSA) is 173 Å². The maximum absolute atomic E-state index is 10.8. The Balaban J connectivity index is 0.00000316. The molecule has 0 fully saturated rings. The molecule has 1 aliphatic heterocycles. The average Bonchev–Trinajstić information content (AvgIpc) is 3.42. The number of nitrogens with zero attached hydrogens (tertiary/aromatic N) is 2. The average molecular weight is 875 g/mol. The van der Waals surface area contributed by atoms with E-state index < -0.39 is 5.97 Å². The highest BCUT2D eigenvalue weighted by atomic mass is 16.6. The molecule has 3 rings (SSSR count). The van der Waals surface area contributed by atoms with Gasteiger partial charge in [-0.15, -0.1) is 0 Å². The summed E-state index contributed by atoms with van der Waals surface area (Å²) >= 11 is 0. The molecule has 0 atom stereocenters. The van der Waals surface area contributed by atoms with E-state index in [1.807, 2.05) is 0 Å². The van der Waals surface area contributed by atoms with Crippen molar-refractivity contribution >= 4 is 41.1 Å². The van der Waals surface area contributed by atoms with Crippen LogP contribution in [-0.2, 0) is 67.2 Å². The summed E-state index contributed by atoms with van der Waals surface area (Å²) < 4.78 is 56.8. The number of carbonyl (C=O) groups is 3. The van der Waals surface area contributed by atoms with Gasteiger partial charge in [0.05, 0.1) is 111 Å². The lowest BCUT2D eigenvalue weighted by Gasteiger charge is -2.25. The van der Waals surface area contributed by atoms with Crippen LogP contribution in [0.25, 0.3) is 6.08 Å². The van der Waals surface area contributed by atoms with Crippen LogP contribution in [0.3, 0.4) is 0 Å². The van der Waals surface area contributed by atoms with Crippen LogP contribution in [0.2, 0.25) is 0 Å². The molecule has 0 radical (unpaired) electrons. The van der Waals surface area contributed by atoms with Gasteiger partial charge < -0.3 is 62.2 Å². The Labute approximate surface area is 367 Å². The molecule has 0 amide bonds. The number of esters is 2. The Morgan fingerprint density at radius 2 is 0.984 bits per heavy atom. The fourth-order valence-corrected chi connectivity index (χ4v) is 6.25. The van der Waals surface area contributed by atoms with Gasteiger partial charge in [0, 0.05) is 56.3 Å². The molecule has 0 aromatic heterocycles. The maximum Gasteiger partial charge on any atom is 0.302 e. The van der Waals surface area contributed by atoms with Crippen LogP contribution in [-0.4, -0.2) is 167 Å². The van der Waals surface area contributed by atoms with Gasteiger partial charge in [0.2, 0.25) is 5.69 Å².